The molecule has 0 amide bonds. The maximum atomic E-state index is 5.01. The molecule has 0 radical (unpaired) electrons. The number of fused-ring (bicyclic) bond motifs is 6. The Hall–Kier alpha value is -3.13. The van der Waals surface area contributed by atoms with E-state index in [1.165, 1.54) is 80.3 Å². The molecule has 0 N–H and O–H groups in total. The van der Waals surface area contributed by atoms with Crippen LogP contribution in [-0.2, 0) is 5.41 Å². The van der Waals surface area contributed by atoms with Gasteiger partial charge in [-0.1, -0.05) is 63.4 Å². The van der Waals surface area contributed by atoms with Crippen molar-refractivity contribution in [1.29, 1.82) is 0 Å². The maximum Gasteiger partial charge on any atom is 0.0822 e. The van der Waals surface area contributed by atoms with Crippen molar-refractivity contribution in [3.8, 4) is 0 Å². The smallest absolute Gasteiger partial charge is 0.0822 e. The SMILES string of the molecule is Cc1cc(C(C)(C)C)c2c(c1)c1nccc3cc(C4CCCC4)c4c5ccccc5n2c4c31. The molecule has 7 rings (SSSR count). The summed E-state index contributed by atoms with van der Waals surface area (Å²) < 4.78 is 2.59. The molecule has 2 nitrogen and oxygen atoms in total. The summed E-state index contributed by atoms with van der Waals surface area (Å²) in [6.07, 6.45) is 7.33. The van der Waals surface area contributed by atoms with Crippen LogP contribution in [0.15, 0.2) is 54.7 Å². The molecular formula is C31H30N2. The third-order valence-corrected chi connectivity index (χ3v) is 8.03. The Kier molecular flexibility index (Phi) is 3.79. The summed E-state index contributed by atoms with van der Waals surface area (Å²) >= 11 is 0. The fourth-order valence-electron chi connectivity index (χ4n) is 6.62. The number of para-hydroxylation sites is 1. The minimum absolute atomic E-state index is 0.0300. The Morgan fingerprint density at radius 1 is 0.879 bits per heavy atom. The first-order chi connectivity index (χ1) is 15.9. The molecule has 3 aromatic carbocycles. The van der Waals surface area contributed by atoms with E-state index in [2.05, 4.69) is 80.6 Å². The topological polar surface area (TPSA) is 17.3 Å². The van der Waals surface area contributed by atoms with Gasteiger partial charge in [-0.25, -0.2) is 0 Å². The van der Waals surface area contributed by atoms with Crippen molar-refractivity contribution in [2.75, 3.05) is 0 Å². The van der Waals surface area contributed by atoms with Crippen LogP contribution in [0.1, 0.15) is 69.1 Å². The van der Waals surface area contributed by atoms with Gasteiger partial charge in [0.15, 0.2) is 0 Å². The summed E-state index contributed by atoms with van der Waals surface area (Å²) in [6.45, 7) is 9.23. The fourth-order valence-corrected chi connectivity index (χ4v) is 6.62. The highest BCUT2D eigenvalue weighted by Crippen LogP contribution is 2.48. The molecule has 0 bridgehead atoms. The van der Waals surface area contributed by atoms with Crippen LogP contribution in [0.2, 0.25) is 0 Å². The van der Waals surface area contributed by atoms with E-state index in [4.69, 9.17) is 4.98 Å². The third-order valence-electron chi connectivity index (χ3n) is 8.03. The van der Waals surface area contributed by atoms with Gasteiger partial charge in [-0.3, -0.25) is 4.98 Å². The van der Waals surface area contributed by atoms with Gasteiger partial charge in [0, 0.05) is 27.7 Å². The summed E-state index contributed by atoms with van der Waals surface area (Å²) in [5, 5.41) is 6.78. The number of aryl methyl sites for hydroxylation is 1. The van der Waals surface area contributed by atoms with Gasteiger partial charge >= 0.3 is 0 Å². The molecule has 3 aromatic heterocycles. The van der Waals surface area contributed by atoms with Gasteiger partial charge in [0.25, 0.3) is 0 Å². The van der Waals surface area contributed by atoms with E-state index in [0.29, 0.717) is 5.92 Å². The Morgan fingerprint density at radius 3 is 2.45 bits per heavy atom. The Balaban J connectivity index is 1.86. The van der Waals surface area contributed by atoms with Crippen LogP contribution >= 0.6 is 0 Å². The lowest BCUT2D eigenvalue weighted by Gasteiger charge is -2.25. The molecule has 0 unspecified atom stereocenters. The van der Waals surface area contributed by atoms with Gasteiger partial charge in [0.05, 0.1) is 22.1 Å². The molecule has 33 heavy (non-hydrogen) atoms. The van der Waals surface area contributed by atoms with Crippen molar-refractivity contribution in [3.63, 3.8) is 0 Å². The van der Waals surface area contributed by atoms with E-state index in [0.717, 1.165) is 5.52 Å². The lowest BCUT2D eigenvalue weighted by molar-refractivity contribution is 0.594. The number of benzene rings is 3. The third kappa shape index (κ3) is 2.52. The minimum Gasteiger partial charge on any atom is -0.308 e. The second kappa shape index (κ2) is 6.47. The van der Waals surface area contributed by atoms with Crippen LogP contribution in [0.4, 0.5) is 0 Å². The van der Waals surface area contributed by atoms with Crippen molar-refractivity contribution in [2.24, 2.45) is 0 Å². The number of hydrogen-bond acceptors (Lipinski definition) is 1. The lowest BCUT2D eigenvalue weighted by Crippen LogP contribution is -2.14. The van der Waals surface area contributed by atoms with Gasteiger partial charge in [-0.05, 0) is 71.9 Å². The molecule has 0 aliphatic heterocycles. The predicted molar refractivity (Wildman–Crippen MR) is 141 cm³/mol. The van der Waals surface area contributed by atoms with E-state index >= 15 is 0 Å². The summed E-state index contributed by atoms with van der Waals surface area (Å²) in [5.74, 6) is 0.659. The molecule has 164 valence electrons. The Bertz CT molecular complexity index is 1700. The van der Waals surface area contributed by atoms with Crippen molar-refractivity contribution in [1.82, 2.24) is 9.38 Å². The normalized spacial score (nSPS) is 15.9. The largest absolute Gasteiger partial charge is 0.308 e. The van der Waals surface area contributed by atoms with Gasteiger partial charge in [-0.2, -0.15) is 0 Å². The number of aromatic nitrogens is 2. The monoisotopic (exact) mass is 430 g/mol. The Morgan fingerprint density at radius 2 is 1.67 bits per heavy atom. The molecule has 1 fully saturated rings. The van der Waals surface area contributed by atoms with Crippen LogP contribution in [0.5, 0.6) is 0 Å². The van der Waals surface area contributed by atoms with E-state index in [9.17, 15) is 0 Å². The summed E-state index contributed by atoms with van der Waals surface area (Å²) in [4.78, 5) is 5.01. The first-order valence-electron chi connectivity index (χ1n) is 12.4. The molecule has 0 saturated heterocycles. The number of hydrogen-bond donors (Lipinski definition) is 0. The van der Waals surface area contributed by atoms with Crippen LogP contribution in [0.25, 0.3) is 49.0 Å². The van der Waals surface area contributed by atoms with E-state index in [1.54, 1.807) is 5.56 Å². The molecule has 3 heterocycles. The first kappa shape index (κ1) is 19.3. The highest BCUT2D eigenvalue weighted by Gasteiger charge is 2.28. The second-order valence-corrected chi connectivity index (χ2v) is 11.2. The predicted octanol–water partition coefficient (Wildman–Crippen LogP) is 8.65. The molecule has 1 aliphatic rings. The number of nitrogens with zero attached hydrogens (tertiary/aromatic N) is 2. The summed E-state index contributed by atoms with van der Waals surface area (Å²) in [7, 11) is 0. The van der Waals surface area contributed by atoms with Crippen LogP contribution < -0.4 is 0 Å². The minimum atomic E-state index is 0.0300. The molecule has 0 atom stereocenters. The standard InChI is InChI=1S/C31H30N2/c1-18-15-23-28-26-20(13-14-32-28)17-22(19-9-5-6-10-19)27-21-11-7-8-12-25(21)33(30(26)27)29(23)24(16-18)31(2,3)4/h7-8,11-17,19H,5-6,9-10H2,1-4H3. The van der Waals surface area contributed by atoms with E-state index in [-0.39, 0.29) is 5.41 Å². The molecule has 1 saturated carbocycles. The van der Waals surface area contributed by atoms with Crippen LogP contribution in [0, 0.1) is 6.92 Å². The Labute approximate surface area is 194 Å². The first-order valence-corrected chi connectivity index (χ1v) is 12.4. The molecule has 2 heteroatoms. The zero-order valence-corrected chi connectivity index (χ0v) is 20.0. The number of pyridine rings is 2. The van der Waals surface area contributed by atoms with Crippen LogP contribution in [-0.4, -0.2) is 9.38 Å². The highest BCUT2D eigenvalue weighted by molar-refractivity contribution is 6.28. The molecule has 0 spiro atoms. The zero-order chi connectivity index (χ0) is 22.5. The number of rotatable bonds is 1. The highest BCUT2D eigenvalue weighted by atomic mass is 14.9. The van der Waals surface area contributed by atoms with Crippen molar-refractivity contribution >= 4 is 49.0 Å². The average Bonchev–Trinajstić information content (AvgIpc) is 3.44. The van der Waals surface area contributed by atoms with Crippen molar-refractivity contribution < 1.29 is 0 Å². The van der Waals surface area contributed by atoms with E-state index in [1.807, 2.05) is 6.20 Å². The fraction of sp³-hybridized carbons (Fsp3) is 0.323. The molecule has 1 aliphatic carbocycles. The van der Waals surface area contributed by atoms with Gasteiger partial charge in [0.2, 0.25) is 0 Å². The average molecular weight is 431 g/mol. The summed E-state index contributed by atoms with van der Waals surface area (Å²) in [5.41, 5.74) is 9.46. The zero-order valence-electron chi connectivity index (χ0n) is 20.0. The van der Waals surface area contributed by atoms with Gasteiger partial charge < -0.3 is 4.40 Å². The molecular weight excluding hydrogens is 400 g/mol. The van der Waals surface area contributed by atoms with Crippen molar-refractivity contribution in [2.45, 2.75) is 64.7 Å². The van der Waals surface area contributed by atoms with Gasteiger partial charge in [-0.15, -0.1) is 0 Å². The van der Waals surface area contributed by atoms with Crippen LogP contribution in [0.3, 0.4) is 0 Å². The second-order valence-electron chi connectivity index (χ2n) is 11.2. The van der Waals surface area contributed by atoms with E-state index < -0.39 is 0 Å². The summed E-state index contributed by atoms with van der Waals surface area (Å²) in [6, 6.07) is 18.5. The quantitative estimate of drug-likeness (QED) is 0.188. The maximum absolute atomic E-state index is 5.01. The van der Waals surface area contributed by atoms with Gasteiger partial charge in [0.1, 0.15) is 0 Å². The molecule has 6 aromatic rings. The van der Waals surface area contributed by atoms with Crippen molar-refractivity contribution in [3.05, 3.63) is 71.4 Å². The lowest BCUT2D eigenvalue weighted by atomic mass is 9.83.